The number of amides is 1. The molecule has 1 aliphatic rings. The predicted octanol–water partition coefficient (Wildman–Crippen LogP) is 4.71. The third-order valence-corrected chi connectivity index (χ3v) is 5.13. The Morgan fingerprint density at radius 1 is 1.03 bits per heavy atom. The van der Waals surface area contributed by atoms with Crippen molar-refractivity contribution >= 4 is 29.1 Å². The molecule has 1 saturated heterocycles. The van der Waals surface area contributed by atoms with E-state index in [1.165, 1.54) is 13.3 Å². The molecular weight excluding hydrogens is 378 g/mol. The van der Waals surface area contributed by atoms with E-state index in [4.69, 9.17) is 9.73 Å². The van der Waals surface area contributed by atoms with Crippen LogP contribution in [0.3, 0.4) is 0 Å². The van der Waals surface area contributed by atoms with Gasteiger partial charge in [0.05, 0.1) is 11.3 Å². The molecule has 0 radical (unpaired) electrons. The van der Waals surface area contributed by atoms with Gasteiger partial charge in [0.1, 0.15) is 5.84 Å². The standard InChI is InChI=1S/C24H29N3O3/c1-17-11-10-14-21(22(17)24(29)25-20-12-6-4-7-13-20)26-23(18(2)30-19(3)28)27-15-8-5-9-16-27/h4,6-7,10-14,18H,5,8-9,15-16H2,1-3H3,(H,25,29)/t18-/m0/s1. The van der Waals surface area contributed by atoms with Crippen molar-refractivity contribution in [3.05, 3.63) is 59.7 Å². The van der Waals surface area contributed by atoms with Gasteiger partial charge in [-0.15, -0.1) is 0 Å². The van der Waals surface area contributed by atoms with Gasteiger partial charge < -0.3 is 15.0 Å². The summed E-state index contributed by atoms with van der Waals surface area (Å²) >= 11 is 0. The number of nitrogens with zero attached hydrogens (tertiary/aromatic N) is 2. The van der Waals surface area contributed by atoms with Crippen LogP contribution in [0.15, 0.2) is 53.5 Å². The number of esters is 1. The number of aryl methyl sites for hydroxylation is 1. The number of hydrogen-bond acceptors (Lipinski definition) is 4. The zero-order chi connectivity index (χ0) is 21.5. The summed E-state index contributed by atoms with van der Waals surface area (Å²) in [7, 11) is 0. The second-order valence-corrected chi connectivity index (χ2v) is 7.56. The van der Waals surface area contributed by atoms with Gasteiger partial charge in [-0.3, -0.25) is 9.59 Å². The van der Waals surface area contributed by atoms with Crippen LogP contribution in [0.5, 0.6) is 0 Å². The lowest BCUT2D eigenvalue weighted by Crippen LogP contribution is -2.42. The molecular formula is C24H29N3O3. The third-order valence-electron chi connectivity index (χ3n) is 5.13. The highest BCUT2D eigenvalue weighted by molar-refractivity contribution is 6.09. The second kappa shape index (κ2) is 10.1. The molecule has 3 rings (SSSR count). The number of amidine groups is 1. The Kier molecular flexibility index (Phi) is 7.22. The van der Waals surface area contributed by atoms with Gasteiger partial charge in [-0.05, 0) is 56.9 Å². The molecule has 0 aliphatic carbocycles. The van der Waals surface area contributed by atoms with Gasteiger partial charge in [0.25, 0.3) is 5.91 Å². The van der Waals surface area contributed by atoms with Gasteiger partial charge in [0, 0.05) is 25.7 Å². The molecule has 0 bridgehead atoms. The van der Waals surface area contributed by atoms with Crippen molar-refractivity contribution in [2.24, 2.45) is 4.99 Å². The van der Waals surface area contributed by atoms with Crippen molar-refractivity contribution in [1.82, 2.24) is 4.90 Å². The van der Waals surface area contributed by atoms with E-state index in [0.717, 1.165) is 37.2 Å². The van der Waals surface area contributed by atoms with E-state index >= 15 is 0 Å². The van der Waals surface area contributed by atoms with E-state index in [0.29, 0.717) is 17.1 Å². The lowest BCUT2D eigenvalue weighted by atomic mass is 10.1. The Morgan fingerprint density at radius 3 is 2.40 bits per heavy atom. The Hall–Kier alpha value is -3.15. The minimum absolute atomic E-state index is 0.212. The van der Waals surface area contributed by atoms with Crippen LogP contribution >= 0.6 is 0 Å². The molecule has 1 fully saturated rings. The van der Waals surface area contributed by atoms with Crippen molar-refractivity contribution in [1.29, 1.82) is 0 Å². The van der Waals surface area contributed by atoms with E-state index in [1.54, 1.807) is 0 Å². The molecule has 0 spiro atoms. The lowest BCUT2D eigenvalue weighted by molar-refractivity contribution is -0.142. The molecule has 1 amide bonds. The molecule has 6 heteroatoms. The van der Waals surface area contributed by atoms with Crippen molar-refractivity contribution in [2.75, 3.05) is 18.4 Å². The molecule has 1 heterocycles. The summed E-state index contributed by atoms with van der Waals surface area (Å²) in [5, 5.41) is 2.95. The van der Waals surface area contributed by atoms with Crippen LogP contribution in [0.2, 0.25) is 0 Å². The Morgan fingerprint density at radius 2 is 1.73 bits per heavy atom. The van der Waals surface area contributed by atoms with Crippen molar-refractivity contribution in [3.63, 3.8) is 0 Å². The molecule has 0 saturated carbocycles. The van der Waals surface area contributed by atoms with Gasteiger partial charge in [-0.25, -0.2) is 4.99 Å². The van der Waals surface area contributed by atoms with Gasteiger partial charge in [-0.2, -0.15) is 0 Å². The normalized spacial score (nSPS) is 15.4. The van der Waals surface area contributed by atoms with Crippen LogP contribution in [0.25, 0.3) is 0 Å². The van der Waals surface area contributed by atoms with Gasteiger partial charge in [-0.1, -0.05) is 30.3 Å². The van der Waals surface area contributed by atoms with Crippen LogP contribution in [0.4, 0.5) is 11.4 Å². The Balaban J connectivity index is 1.98. The topological polar surface area (TPSA) is 71.0 Å². The highest BCUT2D eigenvalue weighted by Gasteiger charge is 2.24. The zero-order valence-corrected chi connectivity index (χ0v) is 17.9. The van der Waals surface area contributed by atoms with Gasteiger partial charge >= 0.3 is 5.97 Å². The molecule has 6 nitrogen and oxygen atoms in total. The number of aliphatic imine (C=N–C) groups is 1. The summed E-state index contributed by atoms with van der Waals surface area (Å²) in [6.07, 6.45) is 2.83. The molecule has 1 atom stereocenters. The smallest absolute Gasteiger partial charge is 0.303 e. The maximum Gasteiger partial charge on any atom is 0.303 e. The van der Waals surface area contributed by atoms with Crippen molar-refractivity contribution in [3.8, 4) is 0 Å². The first-order chi connectivity index (χ1) is 14.5. The number of para-hydroxylation sites is 1. The van der Waals surface area contributed by atoms with Crippen LogP contribution in [0.1, 0.15) is 49.0 Å². The number of rotatable bonds is 5. The maximum absolute atomic E-state index is 13.1. The first-order valence-electron chi connectivity index (χ1n) is 10.4. The second-order valence-electron chi connectivity index (χ2n) is 7.56. The van der Waals surface area contributed by atoms with E-state index in [2.05, 4.69) is 10.2 Å². The summed E-state index contributed by atoms with van der Waals surface area (Å²) in [5.41, 5.74) is 2.65. The first-order valence-corrected chi connectivity index (χ1v) is 10.4. The van der Waals surface area contributed by atoms with Gasteiger partial charge in [0.15, 0.2) is 6.10 Å². The summed E-state index contributed by atoms with van der Waals surface area (Å²) in [5.74, 6) is 0.124. The first kappa shape index (κ1) is 21.6. The minimum Gasteiger partial charge on any atom is -0.455 e. The Labute approximate surface area is 178 Å². The van der Waals surface area contributed by atoms with E-state index < -0.39 is 6.10 Å². The van der Waals surface area contributed by atoms with E-state index in [1.807, 2.05) is 62.4 Å². The number of carbonyl (C=O) groups is 2. The zero-order valence-electron chi connectivity index (χ0n) is 17.9. The van der Waals surface area contributed by atoms with E-state index in [-0.39, 0.29) is 11.9 Å². The number of ether oxygens (including phenoxy) is 1. The van der Waals surface area contributed by atoms with Crippen LogP contribution in [-0.4, -0.2) is 41.8 Å². The number of nitrogens with one attached hydrogen (secondary N) is 1. The van der Waals surface area contributed by atoms with Crippen molar-refractivity contribution < 1.29 is 14.3 Å². The molecule has 1 N–H and O–H groups in total. The highest BCUT2D eigenvalue weighted by atomic mass is 16.5. The fourth-order valence-electron chi connectivity index (χ4n) is 3.72. The third kappa shape index (κ3) is 5.47. The largest absolute Gasteiger partial charge is 0.455 e. The lowest BCUT2D eigenvalue weighted by Gasteiger charge is -2.32. The molecule has 0 unspecified atom stereocenters. The van der Waals surface area contributed by atoms with Crippen molar-refractivity contribution in [2.45, 2.75) is 46.1 Å². The average molecular weight is 408 g/mol. The quantitative estimate of drug-likeness (QED) is 0.442. The fraction of sp³-hybridized carbons (Fsp3) is 0.375. The number of hydrogen-bond donors (Lipinski definition) is 1. The van der Waals surface area contributed by atoms with Crippen LogP contribution in [0, 0.1) is 6.92 Å². The number of piperidine rings is 1. The van der Waals surface area contributed by atoms with E-state index in [9.17, 15) is 9.59 Å². The monoisotopic (exact) mass is 407 g/mol. The Bertz CT molecular complexity index is 919. The number of likely N-dealkylation sites (tertiary alicyclic amines) is 1. The molecule has 158 valence electrons. The molecule has 30 heavy (non-hydrogen) atoms. The molecule has 0 aromatic heterocycles. The summed E-state index contributed by atoms with van der Waals surface area (Å²) in [6, 6.07) is 15.0. The molecule has 2 aromatic rings. The van der Waals surface area contributed by atoms with Crippen LogP contribution in [-0.2, 0) is 9.53 Å². The number of carbonyl (C=O) groups excluding carboxylic acids is 2. The maximum atomic E-state index is 13.1. The average Bonchev–Trinajstić information content (AvgIpc) is 2.72. The number of anilines is 1. The summed E-state index contributed by atoms with van der Waals surface area (Å²) in [4.78, 5) is 31.7. The number of benzene rings is 2. The fourth-order valence-corrected chi connectivity index (χ4v) is 3.72. The molecule has 2 aromatic carbocycles. The SMILES string of the molecule is CC(=O)O[C@@H](C)C(=Nc1cccc(C)c1C(=O)Nc1ccccc1)N1CCCCC1. The van der Waals surface area contributed by atoms with Crippen LogP contribution < -0.4 is 5.32 Å². The summed E-state index contributed by atoms with van der Waals surface area (Å²) in [6.45, 7) is 6.85. The van der Waals surface area contributed by atoms with Gasteiger partial charge in [0.2, 0.25) is 0 Å². The minimum atomic E-state index is -0.494. The summed E-state index contributed by atoms with van der Waals surface area (Å²) < 4.78 is 5.45. The molecule has 1 aliphatic heterocycles. The predicted molar refractivity (Wildman–Crippen MR) is 119 cm³/mol. The highest BCUT2D eigenvalue weighted by Crippen LogP contribution is 2.26.